The number of anilines is 1. The van der Waals surface area contributed by atoms with Gasteiger partial charge in [-0.1, -0.05) is 0 Å². The van der Waals surface area contributed by atoms with Crippen LogP contribution in [0.1, 0.15) is 6.42 Å². The molecule has 1 unspecified atom stereocenters. The molecule has 1 atom stereocenters. The van der Waals surface area contributed by atoms with Gasteiger partial charge in [-0.3, -0.25) is 4.79 Å². The third-order valence-corrected chi connectivity index (χ3v) is 6.52. The maximum absolute atomic E-state index is 12.7. The zero-order chi connectivity index (χ0) is 21.3. The van der Waals surface area contributed by atoms with E-state index in [0.717, 1.165) is 0 Å². The van der Waals surface area contributed by atoms with E-state index in [1.807, 2.05) is 0 Å². The normalized spacial score (nSPS) is 18.0. The molecule has 9 nitrogen and oxygen atoms in total. The second kappa shape index (κ2) is 8.04. The molecule has 2 aromatic carbocycles. The minimum Gasteiger partial charge on any atom is -0.493 e. The number of methoxy groups -OCH3 is 2. The lowest BCUT2D eigenvalue weighted by molar-refractivity contribution is -0.117. The Morgan fingerprint density at radius 2 is 1.83 bits per heavy atom. The monoisotopic (exact) mass is 434 g/mol. The molecule has 160 valence electrons. The molecule has 0 saturated carbocycles. The van der Waals surface area contributed by atoms with Gasteiger partial charge in [0.05, 0.1) is 19.1 Å². The van der Waals surface area contributed by atoms with Gasteiger partial charge >= 0.3 is 0 Å². The van der Waals surface area contributed by atoms with E-state index in [1.54, 1.807) is 23.1 Å². The van der Waals surface area contributed by atoms with Gasteiger partial charge in [-0.05, 0) is 30.2 Å². The summed E-state index contributed by atoms with van der Waals surface area (Å²) in [6.07, 6.45) is 0.253. The number of hydrogen-bond donors (Lipinski definition) is 1. The SMILES string of the molecule is COc1ccc(S(=O)(=O)NCC2CC(=O)N(c3ccc4c(c3)OCO4)C2)cc1OC. The largest absolute Gasteiger partial charge is 0.493 e. The van der Waals surface area contributed by atoms with Crippen LogP contribution in [0.2, 0.25) is 0 Å². The highest BCUT2D eigenvalue weighted by atomic mass is 32.2. The molecule has 1 saturated heterocycles. The molecule has 2 aromatic rings. The second-order valence-electron chi connectivity index (χ2n) is 6.98. The second-order valence-corrected chi connectivity index (χ2v) is 8.75. The average molecular weight is 434 g/mol. The highest BCUT2D eigenvalue weighted by Gasteiger charge is 2.32. The summed E-state index contributed by atoms with van der Waals surface area (Å²) in [5.74, 6) is 1.78. The number of sulfonamides is 1. The van der Waals surface area contributed by atoms with Gasteiger partial charge in [0.1, 0.15) is 0 Å². The van der Waals surface area contributed by atoms with Gasteiger partial charge in [0.15, 0.2) is 23.0 Å². The predicted molar refractivity (Wildman–Crippen MR) is 108 cm³/mol. The van der Waals surface area contributed by atoms with Crippen LogP contribution in [-0.4, -0.2) is 48.4 Å². The number of rotatable bonds is 7. The molecule has 1 fully saturated rings. The Kier molecular flexibility index (Phi) is 5.44. The fourth-order valence-corrected chi connectivity index (χ4v) is 4.65. The molecule has 4 rings (SSSR count). The molecule has 0 aromatic heterocycles. The van der Waals surface area contributed by atoms with E-state index in [0.29, 0.717) is 35.2 Å². The van der Waals surface area contributed by atoms with Crippen molar-refractivity contribution in [3.8, 4) is 23.0 Å². The van der Waals surface area contributed by atoms with E-state index in [1.165, 1.54) is 32.4 Å². The quantitative estimate of drug-likeness (QED) is 0.708. The van der Waals surface area contributed by atoms with Crippen molar-refractivity contribution in [2.24, 2.45) is 5.92 Å². The number of nitrogens with zero attached hydrogens (tertiary/aromatic N) is 1. The lowest BCUT2D eigenvalue weighted by atomic mass is 10.1. The Bertz CT molecular complexity index is 1070. The highest BCUT2D eigenvalue weighted by Crippen LogP contribution is 2.37. The van der Waals surface area contributed by atoms with E-state index in [9.17, 15) is 13.2 Å². The van der Waals surface area contributed by atoms with Gasteiger partial charge in [0.25, 0.3) is 0 Å². The van der Waals surface area contributed by atoms with Gasteiger partial charge in [-0.15, -0.1) is 0 Å². The van der Waals surface area contributed by atoms with Crippen LogP contribution in [-0.2, 0) is 14.8 Å². The van der Waals surface area contributed by atoms with Gasteiger partial charge < -0.3 is 23.8 Å². The van der Waals surface area contributed by atoms with Crippen LogP contribution in [0, 0.1) is 5.92 Å². The number of fused-ring (bicyclic) bond motifs is 1. The van der Waals surface area contributed by atoms with Crippen molar-refractivity contribution in [2.75, 3.05) is 39.0 Å². The van der Waals surface area contributed by atoms with Crippen molar-refractivity contribution in [1.82, 2.24) is 4.72 Å². The van der Waals surface area contributed by atoms with Crippen LogP contribution in [0.5, 0.6) is 23.0 Å². The van der Waals surface area contributed by atoms with Crippen LogP contribution in [0.25, 0.3) is 0 Å². The summed E-state index contributed by atoms with van der Waals surface area (Å²) in [4.78, 5) is 14.2. The Balaban J connectivity index is 1.42. The van der Waals surface area contributed by atoms with Gasteiger partial charge in [-0.25, -0.2) is 13.1 Å². The van der Waals surface area contributed by atoms with Crippen molar-refractivity contribution >= 4 is 21.6 Å². The van der Waals surface area contributed by atoms with E-state index in [4.69, 9.17) is 18.9 Å². The third kappa shape index (κ3) is 3.88. The molecule has 0 bridgehead atoms. The average Bonchev–Trinajstić information content (AvgIpc) is 3.37. The molecule has 0 aliphatic carbocycles. The standard InChI is InChI=1S/C20H22N2O7S/c1-26-16-6-4-15(9-18(16)27-2)30(24,25)21-10-13-7-20(23)22(11-13)14-3-5-17-19(8-14)29-12-28-17/h3-6,8-9,13,21H,7,10-12H2,1-2H3. The van der Waals surface area contributed by atoms with Gasteiger partial charge in [0, 0.05) is 37.3 Å². The van der Waals surface area contributed by atoms with Crippen molar-refractivity contribution < 1.29 is 32.2 Å². The number of nitrogens with one attached hydrogen (secondary N) is 1. The van der Waals surface area contributed by atoms with E-state index in [2.05, 4.69) is 4.72 Å². The van der Waals surface area contributed by atoms with E-state index < -0.39 is 10.0 Å². The lowest BCUT2D eigenvalue weighted by Gasteiger charge is -2.17. The van der Waals surface area contributed by atoms with Gasteiger partial charge in [0.2, 0.25) is 22.7 Å². The number of ether oxygens (including phenoxy) is 4. The Labute approximate surface area is 174 Å². The molecule has 2 aliphatic rings. The van der Waals surface area contributed by atoms with Gasteiger partial charge in [-0.2, -0.15) is 0 Å². The molecular formula is C20H22N2O7S. The minimum absolute atomic E-state index is 0.0656. The van der Waals surface area contributed by atoms with Crippen LogP contribution in [0.15, 0.2) is 41.3 Å². The summed E-state index contributed by atoms with van der Waals surface area (Å²) in [6.45, 7) is 0.712. The summed E-state index contributed by atoms with van der Waals surface area (Å²) in [5.41, 5.74) is 0.703. The highest BCUT2D eigenvalue weighted by molar-refractivity contribution is 7.89. The zero-order valence-corrected chi connectivity index (χ0v) is 17.4. The van der Waals surface area contributed by atoms with Crippen LogP contribution >= 0.6 is 0 Å². The molecule has 1 N–H and O–H groups in total. The Morgan fingerprint density at radius 1 is 1.07 bits per heavy atom. The molecule has 10 heteroatoms. The number of carbonyl (C=O) groups is 1. The topological polar surface area (TPSA) is 103 Å². The number of hydrogen-bond acceptors (Lipinski definition) is 7. The molecule has 30 heavy (non-hydrogen) atoms. The molecule has 2 heterocycles. The van der Waals surface area contributed by atoms with Crippen molar-refractivity contribution in [3.63, 3.8) is 0 Å². The first kappa shape index (κ1) is 20.3. The van der Waals surface area contributed by atoms with E-state index >= 15 is 0 Å². The Morgan fingerprint density at radius 3 is 2.60 bits per heavy atom. The summed E-state index contributed by atoms with van der Waals surface area (Å²) >= 11 is 0. The number of carbonyl (C=O) groups excluding carboxylic acids is 1. The van der Waals surface area contributed by atoms with Crippen LogP contribution < -0.4 is 28.6 Å². The fraction of sp³-hybridized carbons (Fsp3) is 0.350. The number of benzene rings is 2. The minimum atomic E-state index is -3.76. The maximum Gasteiger partial charge on any atom is 0.240 e. The summed E-state index contributed by atoms with van der Waals surface area (Å²) in [6, 6.07) is 9.70. The summed E-state index contributed by atoms with van der Waals surface area (Å²) in [7, 11) is -0.844. The summed E-state index contributed by atoms with van der Waals surface area (Å²) in [5, 5.41) is 0. The van der Waals surface area contributed by atoms with Crippen molar-refractivity contribution in [1.29, 1.82) is 0 Å². The summed E-state index contributed by atoms with van der Waals surface area (Å²) < 4.78 is 48.9. The molecular weight excluding hydrogens is 412 g/mol. The first-order valence-electron chi connectivity index (χ1n) is 9.33. The molecule has 0 spiro atoms. The number of amides is 1. The lowest BCUT2D eigenvalue weighted by Crippen LogP contribution is -2.31. The predicted octanol–water partition coefficient (Wildman–Crippen LogP) is 1.76. The molecule has 0 radical (unpaired) electrons. The fourth-order valence-electron chi connectivity index (χ4n) is 3.52. The Hall–Kier alpha value is -2.98. The zero-order valence-electron chi connectivity index (χ0n) is 16.6. The van der Waals surface area contributed by atoms with Crippen LogP contribution in [0.3, 0.4) is 0 Å². The van der Waals surface area contributed by atoms with Crippen molar-refractivity contribution in [3.05, 3.63) is 36.4 Å². The first-order valence-corrected chi connectivity index (χ1v) is 10.8. The van der Waals surface area contributed by atoms with Crippen molar-refractivity contribution in [2.45, 2.75) is 11.3 Å². The molecule has 1 amide bonds. The smallest absolute Gasteiger partial charge is 0.240 e. The van der Waals surface area contributed by atoms with Crippen LogP contribution in [0.4, 0.5) is 5.69 Å². The van der Waals surface area contributed by atoms with E-state index in [-0.39, 0.29) is 36.5 Å². The maximum atomic E-state index is 12.7. The first-order chi connectivity index (χ1) is 14.4. The third-order valence-electron chi connectivity index (χ3n) is 5.10. The molecule has 2 aliphatic heterocycles.